The second kappa shape index (κ2) is 2.35. The Balaban J connectivity index is 2.21. The van der Waals surface area contributed by atoms with E-state index in [4.69, 9.17) is 4.74 Å². The van der Waals surface area contributed by atoms with Gasteiger partial charge in [0.1, 0.15) is 6.10 Å². The molecule has 0 spiro atoms. The number of aryl methyl sites for hydroxylation is 1. The molecule has 1 fully saturated rings. The van der Waals surface area contributed by atoms with Gasteiger partial charge >= 0.3 is 0 Å². The fraction of sp³-hybridized carbons (Fsp3) is 0.400. The van der Waals surface area contributed by atoms with E-state index in [1.54, 1.807) is 0 Å². The molecule has 2 rings (SSSR count). The summed E-state index contributed by atoms with van der Waals surface area (Å²) in [7, 11) is 0. The summed E-state index contributed by atoms with van der Waals surface area (Å²) in [6.07, 6.45) is 0.799. The molecule has 1 aliphatic rings. The van der Waals surface area contributed by atoms with Gasteiger partial charge in [0, 0.05) is 0 Å². The van der Waals surface area contributed by atoms with E-state index >= 15 is 0 Å². The topological polar surface area (TPSA) is 12.5 Å². The Morgan fingerprint density at radius 1 is 1.18 bits per heavy atom. The molecular formula is C10H12O. The highest BCUT2D eigenvalue weighted by molar-refractivity contribution is 5.26. The van der Waals surface area contributed by atoms with E-state index in [1.807, 2.05) is 0 Å². The van der Waals surface area contributed by atoms with Gasteiger partial charge in [-0.3, -0.25) is 0 Å². The van der Waals surface area contributed by atoms with Crippen molar-refractivity contribution in [1.29, 1.82) is 0 Å². The SMILES string of the molecule is Cc1ccc([C@@H]2O[C@@H]2C)cc1. The molecule has 1 heteroatoms. The highest BCUT2D eigenvalue weighted by Crippen LogP contribution is 2.37. The number of ether oxygens (including phenoxy) is 1. The van der Waals surface area contributed by atoms with E-state index < -0.39 is 0 Å². The zero-order valence-electron chi connectivity index (χ0n) is 6.87. The molecule has 11 heavy (non-hydrogen) atoms. The molecule has 1 saturated heterocycles. The summed E-state index contributed by atoms with van der Waals surface area (Å²) < 4.78 is 5.34. The van der Waals surface area contributed by atoms with Crippen molar-refractivity contribution >= 4 is 0 Å². The number of epoxide rings is 1. The van der Waals surface area contributed by atoms with Gasteiger partial charge in [0.25, 0.3) is 0 Å². The molecule has 1 aromatic carbocycles. The Morgan fingerprint density at radius 2 is 1.73 bits per heavy atom. The van der Waals surface area contributed by atoms with E-state index in [9.17, 15) is 0 Å². The van der Waals surface area contributed by atoms with Crippen LogP contribution in [0.4, 0.5) is 0 Å². The maximum atomic E-state index is 5.34. The van der Waals surface area contributed by atoms with Crippen molar-refractivity contribution in [3.63, 3.8) is 0 Å². The van der Waals surface area contributed by atoms with Gasteiger partial charge in [0.15, 0.2) is 0 Å². The molecule has 1 nitrogen and oxygen atoms in total. The predicted molar refractivity (Wildman–Crippen MR) is 44.5 cm³/mol. The Labute approximate surface area is 67.0 Å². The summed E-state index contributed by atoms with van der Waals surface area (Å²) >= 11 is 0. The third-order valence-corrected chi connectivity index (χ3v) is 2.12. The normalized spacial score (nSPS) is 28.5. The van der Waals surface area contributed by atoms with E-state index in [0.717, 1.165) is 0 Å². The van der Waals surface area contributed by atoms with Crippen molar-refractivity contribution in [2.45, 2.75) is 26.1 Å². The number of hydrogen-bond acceptors (Lipinski definition) is 1. The first-order chi connectivity index (χ1) is 5.27. The van der Waals surface area contributed by atoms with Crippen molar-refractivity contribution < 1.29 is 4.74 Å². The van der Waals surface area contributed by atoms with Gasteiger partial charge in [-0.15, -0.1) is 0 Å². The smallest absolute Gasteiger partial charge is 0.109 e. The lowest BCUT2D eigenvalue weighted by atomic mass is 10.1. The zero-order valence-corrected chi connectivity index (χ0v) is 6.87. The van der Waals surface area contributed by atoms with Crippen molar-refractivity contribution in [3.05, 3.63) is 35.4 Å². The quantitative estimate of drug-likeness (QED) is 0.557. The van der Waals surface area contributed by atoms with Crippen LogP contribution in [0.2, 0.25) is 0 Å². The molecule has 1 heterocycles. The van der Waals surface area contributed by atoms with Gasteiger partial charge in [-0.1, -0.05) is 29.8 Å². The van der Waals surface area contributed by atoms with Crippen LogP contribution in [0.5, 0.6) is 0 Å². The van der Waals surface area contributed by atoms with Crippen molar-refractivity contribution in [2.75, 3.05) is 0 Å². The molecule has 0 aromatic heterocycles. The summed E-state index contributed by atoms with van der Waals surface area (Å²) in [5.41, 5.74) is 2.62. The third kappa shape index (κ3) is 1.29. The van der Waals surface area contributed by atoms with Crippen LogP contribution in [-0.2, 0) is 4.74 Å². The average molecular weight is 148 g/mol. The maximum Gasteiger partial charge on any atom is 0.109 e. The van der Waals surface area contributed by atoms with E-state index in [1.165, 1.54) is 11.1 Å². The molecule has 0 amide bonds. The van der Waals surface area contributed by atoms with Gasteiger partial charge in [-0.25, -0.2) is 0 Å². The minimum atomic E-state index is 0.371. The van der Waals surface area contributed by atoms with Crippen LogP contribution in [0.1, 0.15) is 24.2 Å². The fourth-order valence-corrected chi connectivity index (χ4v) is 1.29. The Hall–Kier alpha value is -0.820. The van der Waals surface area contributed by atoms with Gasteiger partial charge in [0.05, 0.1) is 6.10 Å². The van der Waals surface area contributed by atoms with Gasteiger partial charge in [-0.2, -0.15) is 0 Å². The second-order valence-electron chi connectivity index (χ2n) is 3.17. The first-order valence-corrected chi connectivity index (χ1v) is 3.99. The van der Waals surface area contributed by atoms with Crippen molar-refractivity contribution in [2.24, 2.45) is 0 Å². The zero-order chi connectivity index (χ0) is 7.84. The molecule has 0 aliphatic carbocycles. The standard InChI is InChI=1S/C10H12O/c1-7-3-5-9(6-4-7)10-8(2)11-10/h3-6,8,10H,1-2H3/t8-,10-/m1/s1. The summed E-state index contributed by atoms with van der Waals surface area (Å²) in [6.45, 7) is 4.20. The molecule has 2 atom stereocenters. The van der Waals surface area contributed by atoms with Crippen LogP contribution in [0.25, 0.3) is 0 Å². The Bertz CT molecular complexity index is 250. The summed E-state index contributed by atoms with van der Waals surface area (Å²) in [5, 5.41) is 0. The van der Waals surface area contributed by atoms with E-state index in [0.29, 0.717) is 12.2 Å². The monoisotopic (exact) mass is 148 g/mol. The molecule has 0 N–H and O–H groups in total. The fourth-order valence-electron chi connectivity index (χ4n) is 1.29. The van der Waals surface area contributed by atoms with Gasteiger partial charge < -0.3 is 4.74 Å². The average Bonchev–Trinajstić information content (AvgIpc) is 2.69. The second-order valence-corrected chi connectivity index (χ2v) is 3.17. The molecule has 0 bridgehead atoms. The molecule has 0 saturated carbocycles. The van der Waals surface area contributed by atoms with E-state index in [-0.39, 0.29) is 0 Å². The largest absolute Gasteiger partial charge is 0.365 e. The highest BCUT2D eigenvalue weighted by atomic mass is 16.6. The van der Waals surface area contributed by atoms with Crippen LogP contribution >= 0.6 is 0 Å². The minimum absolute atomic E-state index is 0.371. The lowest BCUT2D eigenvalue weighted by Crippen LogP contribution is -1.82. The summed E-state index contributed by atoms with van der Waals surface area (Å²) in [6, 6.07) is 8.54. The molecule has 58 valence electrons. The van der Waals surface area contributed by atoms with Crippen LogP contribution < -0.4 is 0 Å². The molecule has 1 aliphatic heterocycles. The Morgan fingerprint density at radius 3 is 2.18 bits per heavy atom. The molecule has 0 radical (unpaired) electrons. The number of hydrogen-bond donors (Lipinski definition) is 0. The predicted octanol–water partition coefficient (Wildman–Crippen LogP) is 2.45. The Kier molecular flexibility index (Phi) is 1.46. The minimum Gasteiger partial charge on any atom is -0.365 e. The van der Waals surface area contributed by atoms with Crippen LogP contribution in [0, 0.1) is 6.92 Å². The molecular weight excluding hydrogens is 136 g/mol. The van der Waals surface area contributed by atoms with E-state index in [2.05, 4.69) is 38.1 Å². The lowest BCUT2D eigenvalue weighted by Gasteiger charge is -1.95. The summed E-state index contributed by atoms with van der Waals surface area (Å²) in [4.78, 5) is 0. The maximum absolute atomic E-state index is 5.34. The number of rotatable bonds is 1. The van der Waals surface area contributed by atoms with Crippen LogP contribution in [-0.4, -0.2) is 6.10 Å². The molecule has 1 aromatic rings. The number of benzene rings is 1. The van der Waals surface area contributed by atoms with Crippen molar-refractivity contribution in [1.82, 2.24) is 0 Å². The van der Waals surface area contributed by atoms with Crippen LogP contribution in [0.3, 0.4) is 0 Å². The first kappa shape index (κ1) is 6.86. The highest BCUT2D eigenvalue weighted by Gasteiger charge is 2.35. The van der Waals surface area contributed by atoms with Gasteiger partial charge in [0.2, 0.25) is 0 Å². The van der Waals surface area contributed by atoms with Crippen molar-refractivity contribution in [3.8, 4) is 0 Å². The lowest BCUT2D eigenvalue weighted by molar-refractivity contribution is 0.383. The first-order valence-electron chi connectivity index (χ1n) is 3.99. The van der Waals surface area contributed by atoms with Gasteiger partial charge in [-0.05, 0) is 19.4 Å². The summed E-state index contributed by atoms with van der Waals surface area (Å²) in [5.74, 6) is 0. The third-order valence-electron chi connectivity index (χ3n) is 2.12. The molecule has 0 unspecified atom stereocenters. The van der Waals surface area contributed by atoms with Crippen LogP contribution in [0.15, 0.2) is 24.3 Å².